The van der Waals surface area contributed by atoms with Gasteiger partial charge >= 0.3 is 6.18 Å². The van der Waals surface area contributed by atoms with Crippen molar-refractivity contribution in [2.45, 2.75) is 12.7 Å². The van der Waals surface area contributed by atoms with Gasteiger partial charge in [-0.3, -0.25) is 4.79 Å². The summed E-state index contributed by atoms with van der Waals surface area (Å²) in [5, 5.41) is 4.39. The predicted octanol–water partition coefficient (Wildman–Crippen LogP) is 3.55. The minimum Gasteiger partial charge on any atom is -0.350 e. The van der Waals surface area contributed by atoms with E-state index in [1.165, 1.54) is 17.4 Å². The highest BCUT2D eigenvalue weighted by molar-refractivity contribution is 7.12. The summed E-state index contributed by atoms with van der Waals surface area (Å²) in [6.07, 6.45) is -4.54. The monoisotopic (exact) mass is 339 g/mol. The molecule has 0 unspecified atom stereocenters. The molecule has 0 aliphatic rings. The fourth-order valence-electron chi connectivity index (χ4n) is 2.29. The van der Waals surface area contributed by atoms with Crippen LogP contribution < -0.4 is 5.32 Å². The Labute approximate surface area is 133 Å². The lowest BCUT2D eigenvalue weighted by Gasteiger charge is -2.11. The molecule has 1 amide bonds. The second-order valence-corrected chi connectivity index (χ2v) is 5.75. The Morgan fingerprint density at radius 2 is 2.00 bits per heavy atom. The van der Waals surface area contributed by atoms with Gasteiger partial charge in [-0.15, -0.1) is 11.3 Å². The lowest BCUT2D eigenvalue weighted by atomic mass is 10.3. The SMILES string of the molecule is O=C(NCCn1c(C(F)(F)F)nc2ccccc21)c1cccs1. The maximum atomic E-state index is 13.1. The van der Waals surface area contributed by atoms with E-state index in [0.29, 0.717) is 10.4 Å². The van der Waals surface area contributed by atoms with E-state index in [-0.39, 0.29) is 24.5 Å². The van der Waals surface area contributed by atoms with Crippen molar-refractivity contribution in [1.82, 2.24) is 14.9 Å². The summed E-state index contributed by atoms with van der Waals surface area (Å²) in [6, 6.07) is 9.81. The maximum Gasteiger partial charge on any atom is 0.449 e. The van der Waals surface area contributed by atoms with Crippen LogP contribution in [0.25, 0.3) is 11.0 Å². The quantitative estimate of drug-likeness (QED) is 0.790. The van der Waals surface area contributed by atoms with Crippen LogP contribution in [-0.4, -0.2) is 22.0 Å². The van der Waals surface area contributed by atoms with Gasteiger partial charge in [0.25, 0.3) is 5.91 Å². The fraction of sp³-hybridized carbons (Fsp3) is 0.200. The van der Waals surface area contributed by atoms with Crippen molar-refractivity contribution in [1.29, 1.82) is 0 Å². The molecule has 3 rings (SSSR count). The molecule has 4 nitrogen and oxygen atoms in total. The molecule has 23 heavy (non-hydrogen) atoms. The van der Waals surface area contributed by atoms with Gasteiger partial charge in [0.1, 0.15) is 0 Å². The van der Waals surface area contributed by atoms with Gasteiger partial charge in [0, 0.05) is 13.1 Å². The molecule has 120 valence electrons. The van der Waals surface area contributed by atoms with Crippen LogP contribution >= 0.6 is 11.3 Å². The van der Waals surface area contributed by atoms with Crippen molar-refractivity contribution in [3.8, 4) is 0 Å². The molecule has 0 saturated heterocycles. The van der Waals surface area contributed by atoms with Crippen molar-refractivity contribution < 1.29 is 18.0 Å². The van der Waals surface area contributed by atoms with E-state index < -0.39 is 12.0 Å². The number of imidazole rings is 1. The van der Waals surface area contributed by atoms with E-state index in [4.69, 9.17) is 0 Å². The van der Waals surface area contributed by atoms with E-state index in [2.05, 4.69) is 10.3 Å². The summed E-state index contributed by atoms with van der Waals surface area (Å²) < 4.78 is 40.5. The van der Waals surface area contributed by atoms with Crippen LogP contribution in [0.1, 0.15) is 15.5 Å². The minimum atomic E-state index is -4.54. The van der Waals surface area contributed by atoms with Gasteiger partial charge in [0.05, 0.1) is 15.9 Å². The lowest BCUT2D eigenvalue weighted by molar-refractivity contribution is -0.146. The summed E-state index contributed by atoms with van der Waals surface area (Å²) in [5.41, 5.74) is 0.676. The molecule has 0 radical (unpaired) electrons. The van der Waals surface area contributed by atoms with Crippen molar-refractivity contribution in [3.05, 3.63) is 52.5 Å². The Morgan fingerprint density at radius 3 is 2.70 bits per heavy atom. The summed E-state index contributed by atoms with van der Waals surface area (Å²) in [4.78, 5) is 16.0. The second kappa shape index (κ2) is 6.04. The summed E-state index contributed by atoms with van der Waals surface area (Å²) >= 11 is 1.28. The van der Waals surface area contributed by atoms with Crippen molar-refractivity contribution in [2.75, 3.05) is 6.54 Å². The molecule has 0 atom stereocenters. The number of thiophene rings is 1. The van der Waals surface area contributed by atoms with Gasteiger partial charge in [-0.2, -0.15) is 13.2 Å². The van der Waals surface area contributed by atoms with Gasteiger partial charge in [0.2, 0.25) is 5.82 Å². The number of carbonyl (C=O) groups is 1. The molecule has 8 heteroatoms. The molecule has 1 N–H and O–H groups in total. The standard InChI is InChI=1S/C15H12F3N3OS/c16-15(17,18)14-20-10-4-1-2-5-11(10)21(14)8-7-19-13(22)12-6-3-9-23-12/h1-6,9H,7-8H2,(H,19,22). The van der Waals surface area contributed by atoms with E-state index in [1.807, 2.05) is 0 Å². The number of hydrogen-bond donors (Lipinski definition) is 1. The van der Waals surface area contributed by atoms with Crippen LogP contribution in [0.4, 0.5) is 13.2 Å². The van der Waals surface area contributed by atoms with E-state index in [0.717, 1.165) is 4.57 Å². The number of carbonyl (C=O) groups excluding carboxylic acids is 1. The number of nitrogens with one attached hydrogen (secondary N) is 1. The zero-order valence-corrected chi connectivity index (χ0v) is 12.6. The number of nitrogens with zero attached hydrogens (tertiary/aromatic N) is 2. The third kappa shape index (κ3) is 3.21. The summed E-state index contributed by atoms with van der Waals surface area (Å²) in [7, 11) is 0. The third-order valence-electron chi connectivity index (χ3n) is 3.27. The average molecular weight is 339 g/mol. The molecule has 0 saturated carbocycles. The molecular weight excluding hydrogens is 327 g/mol. The van der Waals surface area contributed by atoms with Gasteiger partial charge in [-0.1, -0.05) is 18.2 Å². The Hall–Kier alpha value is -2.35. The number of hydrogen-bond acceptors (Lipinski definition) is 3. The van der Waals surface area contributed by atoms with Crippen LogP contribution in [0, 0.1) is 0 Å². The van der Waals surface area contributed by atoms with E-state index in [1.54, 1.807) is 35.7 Å². The molecule has 0 fully saturated rings. The van der Waals surface area contributed by atoms with E-state index in [9.17, 15) is 18.0 Å². The number of amides is 1. The molecule has 0 aliphatic carbocycles. The highest BCUT2D eigenvalue weighted by atomic mass is 32.1. The number of alkyl halides is 3. The first-order chi connectivity index (χ1) is 11.0. The number of rotatable bonds is 4. The highest BCUT2D eigenvalue weighted by Gasteiger charge is 2.37. The Kier molecular flexibility index (Phi) is 4.08. The molecule has 0 bridgehead atoms. The Morgan fingerprint density at radius 1 is 1.22 bits per heavy atom. The van der Waals surface area contributed by atoms with Crippen LogP contribution in [0.2, 0.25) is 0 Å². The Balaban J connectivity index is 1.80. The normalized spacial score (nSPS) is 11.8. The maximum absolute atomic E-state index is 13.1. The molecule has 3 aromatic rings. The van der Waals surface area contributed by atoms with Gasteiger partial charge in [-0.25, -0.2) is 4.98 Å². The largest absolute Gasteiger partial charge is 0.449 e. The smallest absolute Gasteiger partial charge is 0.350 e. The minimum absolute atomic E-state index is 0.00747. The summed E-state index contributed by atoms with van der Waals surface area (Å²) in [6.45, 7) is 0.0760. The van der Waals surface area contributed by atoms with Gasteiger partial charge in [-0.05, 0) is 23.6 Å². The topological polar surface area (TPSA) is 46.9 Å². The number of fused-ring (bicyclic) bond motifs is 1. The lowest BCUT2D eigenvalue weighted by Crippen LogP contribution is -2.28. The van der Waals surface area contributed by atoms with Crippen molar-refractivity contribution in [3.63, 3.8) is 0 Å². The molecule has 2 aromatic heterocycles. The summed E-state index contributed by atoms with van der Waals surface area (Å²) in [5.74, 6) is -1.25. The first kappa shape index (κ1) is 15.5. The van der Waals surface area contributed by atoms with Crippen LogP contribution in [0.3, 0.4) is 0 Å². The van der Waals surface area contributed by atoms with Crippen LogP contribution in [0.5, 0.6) is 0 Å². The Bertz CT molecular complexity index is 824. The fourth-order valence-corrected chi connectivity index (χ4v) is 2.93. The van der Waals surface area contributed by atoms with Crippen molar-refractivity contribution in [2.24, 2.45) is 0 Å². The third-order valence-corrected chi connectivity index (χ3v) is 4.14. The van der Waals surface area contributed by atoms with Gasteiger partial charge < -0.3 is 9.88 Å². The first-order valence-corrected chi connectivity index (χ1v) is 7.69. The first-order valence-electron chi connectivity index (χ1n) is 6.81. The molecular formula is C15H12F3N3OS. The zero-order valence-electron chi connectivity index (χ0n) is 11.8. The number of benzene rings is 1. The van der Waals surface area contributed by atoms with Crippen LogP contribution in [-0.2, 0) is 12.7 Å². The number of para-hydroxylation sites is 2. The van der Waals surface area contributed by atoms with Crippen molar-refractivity contribution >= 4 is 28.3 Å². The average Bonchev–Trinajstić information content (AvgIpc) is 3.14. The predicted molar refractivity (Wildman–Crippen MR) is 81.4 cm³/mol. The molecule has 0 spiro atoms. The number of halogens is 3. The molecule has 2 heterocycles. The zero-order chi connectivity index (χ0) is 16.4. The second-order valence-electron chi connectivity index (χ2n) is 4.81. The molecule has 1 aromatic carbocycles. The number of aromatic nitrogens is 2. The van der Waals surface area contributed by atoms with Crippen LogP contribution in [0.15, 0.2) is 41.8 Å². The van der Waals surface area contributed by atoms with E-state index >= 15 is 0 Å². The highest BCUT2D eigenvalue weighted by Crippen LogP contribution is 2.31. The molecule has 0 aliphatic heterocycles. The van der Waals surface area contributed by atoms with Gasteiger partial charge in [0.15, 0.2) is 0 Å².